The van der Waals surface area contributed by atoms with E-state index in [0.717, 1.165) is 4.31 Å². The van der Waals surface area contributed by atoms with Gasteiger partial charge in [-0.1, -0.05) is 18.2 Å². The summed E-state index contributed by atoms with van der Waals surface area (Å²) in [6, 6.07) is 14.7. The largest absolute Gasteiger partial charge is 0.493 e. The summed E-state index contributed by atoms with van der Waals surface area (Å²) in [5.41, 5.74) is 1.12. The molecule has 0 unspecified atom stereocenters. The number of sulfonamides is 1. The van der Waals surface area contributed by atoms with Crippen molar-refractivity contribution >= 4 is 32.0 Å². The minimum atomic E-state index is -4.55. The second kappa shape index (κ2) is 13.8. The van der Waals surface area contributed by atoms with Crippen LogP contribution in [0.4, 0.5) is 0 Å². The third kappa shape index (κ3) is 7.75. The Bertz CT molecular complexity index is 1760. The van der Waals surface area contributed by atoms with E-state index in [1.54, 1.807) is 31.2 Å². The second-order valence-electron chi connectivity index (χ2n) is 10.5. The van der Waals surface area contributed by atoms with Crippen LogP contribution in [-0.2, 0) is 20.1 Å². The molecule has 14 heteroatoms. The van der Waals surface area contributed by atoms with Crippen LogP contribution in [-0.4, -0.2) is 85.3 Å². The van der Waals surface area contributed by atoms with Gasteiger partial charge in [0.2, 0.25) is 10.0 Å². The number of nitrogens with one attached hydrogen (secondary N) is 1. The summed E-state index contributed by atoms with van der Waals surface area (Å²) in [4.78, 5) is 25.0. The highest BCUT2D eigenvalue weighted by Gasteiger charge is 2.31. The van der Waals surface area contributed by atoms with Crippen molar-refractivity contribution in [3.63, 3.8) is 0 Å². The molecule has 2 amide bonds. The van der Waals surface area contributed by atoms with Crippen LogP contribution in [0.2, 0.25) is 0 Å². The van der Waals surface area contributed by atoms with Gasteiger partial charge in [0.15, 0.2) is 0 Å². The van der Waals surface area contributed by atoms with Crippen LogP contribution in [0.25, 0.3) is 0 Å². The van der Waals surface area contributed by atoms with Crippen molar-refractivity contribution in [3.8, 4) is 17.2 Å². The fourth-order valence-electron chi connectivity index (χ4n) is 4.52. The molecule has 3 aromatic carbocycles. The highest BCUT2D eigenvalue weighted by atomic mass is 32.2. The molecule has 0 radical (unpaired) electrons. The quantitative estimate of drug-likeness (QED) is 0.149. The van der Waals surface area contributed by atoms with Crippen molar-refractivity contribution in [1.82, 2.24) is 14.5 Å². The molecule has 0 spiro atoms. The topological polar surface area (TPSA) is 149 Å². The molecule has 0 aromatic heterocycles. The monoisotopic (exact) mass is 645 g/mol. The van der Waals surface area contributed by atoms with Gasteiger partial charge in [-0.05, 0) is 75.9 Å². The van der Waals surface area contributed by atoms with E-state index in [0.29, 0.717) is 36.4 Å². The first-order valence-electron chi connectivity index (χ1n) is 13.8. The molecule has 0 fully saturated rings. The Hall–Kier alpha value is -3.98. The molecule has 1 aliphatic rings. The molecule has 44 heavy (non-hydrogen) atoms. The summed E-state index contributed by atoms with van der Waals surface area (Å²) in [6.07, 6.45) is 0.980. The molecule has 0 saturated heterocycles. The van der Waals surface area contributed by atoms with Gasteiger partial charge >= 0.3 is 10.1 Å². The minimum absolute atomic E-state index is 0.0432. The van der Waals surface area contributed by atoms with Crippen LogP contribution < -0.4 is 19.0 Å². The Morgan fingerprint density at radius 2 is 1.43 bits per heavy atom. The van der Waals surface area contributed by atoms with Gasteiger partial charge in [0.25, 0.3) is 11.8 Å². The summed E-state index contributed by atoms with van der Waals surface area (Å²) in [6.45, 7) is 3.00. The van der Waals surface area contributed by atoms with E-state index >= 15 is 0 Å². The van der Waals surface area contributed by atoms with Crippen molar-refractivity contribution in [1.29, 1.82) is 0 Å². The molecule has 1 heterocycles. The van der Waals surface area contributed by atoms with E-state index in [-0.39, 0.29) is 41.5 Å². The SMILES string of the molecule is Cc1cc(OCCCOc2cccc3c2C(=O)NC3=O)cc(OS(=O)(=O)c2ccccc2S(=O)(=O)N(C)CCCN(C)C)c1. The third-order valence-corrected chi connectivity index (χ3v) is 10.0. The Labute approximate surface area is 257 Å². The lowest BCUT2D eigenvalue weighted by molar-refractivity contribution is 0.0878. The first-order valence-corrected chi connectivity index (χ1v) is 16.6. The van der Waals surface area contributed by atoms with Crippen LogP contribution in [0, 0.1) is 6.92 Å². The van der Waals surface area contributed by atoms with Crippen LogP contribution in [0.15, 0.2) is 70.5 Å². The maximum atomic E-state index is 13.4. The van der Waals surface area contributed by atoms with Gasteiger partial charge in [-0.2, -0.15) is 8.42 Å². The van der Waals surface area contributed by atoms with E-state index in [4.69, 9.17) is 13.7 Å². The summed E-state index contributed by atoms with van der Waals surface area (Å²) in [5.74, 6) is -0.386. The maximum Gasteiger partial charge on any atom is 0.340 e. The van der Waals surface area contributed by atoms with Crippen molar-refractivity contribution in [3.05, 3.63) is 77.4 Å². The van der Waals surface area contributed by atoms with Crippen molar-refractivity contribution in [2.75, 3.05) is 47.4 Å². The van der Waals surface area contributed by atoms with E-state index in [1.165, 1.54) is 43.4 Å². The third-order valence-electron chi connectivity index (χ3n) is 6.66. The number of carbonyl (C=O) groups excluding carboxylic acids is 2. The van der Waals surface area contributed by atoms with Gasteiger partial charge in [0, 0.05) is 26.1 Å². The summed E-state index contributed by atoms with van der Waals surface area (Å²) >= 11 is 0. The first kappa shape index (κ1) is 32.9. The predicted octanol–water partition coefficient (Wildman–Crippen LogP) is 3.07. The van der Waals surface area contributed by atoms with Gasteiger partial charge in [0.1, 0.15) is 27.0 Å². The lowest BCUT2D eigenvalue weighted by Crippen LogP contribution is -2.31. The fourth-order valence-corrected chi connectivity index (χ4v) is 7.42. The lowest BCUT2D eigenvalue weighted by atomic mass is 10.1. The molecule has 12 nitrogen and oxygen atoms in total. The van der Waals surface area contributed by atoms with Gasteiger partial charge in [-0.25, -0.2) is 12.7 Å². The molecular weight excluding hydrogens is 610 g/mol. The molecule has 0 saturated carbocycles. The number of aryl methyl sites for hydroxylation is 1. The summed E-state index contributed by atoms with van der Waals surface area (Å²) < 4.78 is 71.4. The average molecular weight is 646 g/mol. The highest BCUT2D eigenvalue weighted by molar-refractivity contribution is 7.91. The molecule has 0 aliphatic carbocycles. The summed E-state index contributed by atoms with van der Waals surface area (Å²) in [5, 5.41) is 2.24. The van der Waals surface area contributed by atoms with Gasteiger partial charge < -0.3 is 18.6 Å². The highest BCUT2D eigenvalue weighted by Crippen LogP contribution is 2.30. The number of hydrogen-bond donors (Lipinski definition) is 1. The van der Waals surface area contributed by atoms with Gasteiger partial charge in [-0.3, -0.25) is 14.9 Å². The number of carbonyl (C=O) groups is 2. The van der Waals surface area contributed by atoms with Crippen molar-refractivity contribution in [2.45, 2.75) is 29.6 Å². The van der Waals surface area contributed by atoms with Crippen LogP contribution >= 0.6 is 0 Å². The zero-order chi connectivity index (χ0) is 32.1. The van der Waals surface area contributed by atoms with Gasteiger partial charge in [-0.15, -0.1) is 0 Å². The predicted molar refractivity (Wildman–Crippen MR) is 162 cm³/mol. The molecule has 1 N–H and O–H groups in total. The molecule has 3 aromatic rings. The molecular formula is C30H35N3O9S2. The number of fused-ring (bicyclic) bond motifs is 1. The Morgan fingerprint density at radius 1 is 0.750 bits per heavy atom. The number of ether oxygens (including phenoxy) is 2. The second-order valence-corrected chi connectivity index (χ2v) is 14.0. The lowest BCUT2D eigenvalue weighted by Gasteiger charge is -2.20. The van der Waals surface area contributed by atoms with E-state index in [2.05, 4.69) is 5.32 Å². The number of imide groups is 1. The Morgan fingerprint density at radius 3 is 2.16 bits per heavy atom. The normalized spacial score (nSPS) is 13.2. The van der Waals surface area contributed by atoms with Crippen molar-refractivity contribution < 1.29 is 40.1 Å². The van der Waals surface area contributed by atoms with Crippen LogP contribution in [0.5, 0.6) is 17.2 Å². The van der Waals surface area contributed by atoms with Crippen LogP contribution in [0.3, 0.4) is 0 Å². The zero-order valence-electron chi connectivity index (χ0n) is 24.9. The van der Waals surface area contributed by atoms with E-state index in [9.17, 15) is 26.4 Å². The smallest absolute Gasteiger partial charge is 0.340 e. The average Bonchev–Trinajstić information content (AvgIpc) is 3.25. The number of amides is 2. The number of rotatable bonds is 15. The maximum absolute atomic E-state index is 13.4. The fraction of sp³-hybridized carbons (Fsp3) is 0.333. The molecule has 0 bridgehead atoms. The standard InChI is InChI=1S/C30H35N3O9S2/c1-21-18-22(40-16-9-17-41-25-11-7-10-24-28(25)30(35)31-29(24)34)20-23(19-21)42-44(38,39)27-13-6-5-12-26(27)43(36,37)33(4)15-8-14-32(2)3/h5-7,10-13,18-20H,8-9,14-17H2,1-4H3,(H,31,34,35). The molecule has 4 rings (SSSR count). The molecule has 236 valence electrons. The number of benzene rings is 3. The Balaban J connectivity index is 1.41. The number of hydrogen-bond acceptors (Lipinski definition) is 10. The number of nitrogens with zero attached hydrogens (tertiary/aromatic N) is 2. The van der Waals surface area contributed by atoms with E-state index < -0.39 is 36.9 Å². The van der Waals surface area contributed by atoms with Crippen LogP contribution in [0.1, 0.15) is 39.1 Å². The van der Waals surface area contributed by atoms with Crippen molar-refractivity contribution in [2.24, 2.45) is 0 Å². The summed E-state index contributed by atoms with van der Waals surface area (Å²) in [7, 11) is -3.50. The zero-order valence-corrected chi connectivity index (χ0v) is 26.5. The first-order chi connectivity index (χ1) is 20.8. The molecule has 0 atom stereocenters. The Kier molecular flexibility index (Phi) is 10.3. The van der Waals surface area contributed by atoms with Gasteiger partial charge in [0.05, 0.1) is 24.3 Å². The minimum Gasteiger partial charge on any atom is -0.493 e. The molecule has 1 aliphatic heterocycles. The van der Waals surface area contributed by atoms with E-state index in [1.807, 2.05) is 19.0 Å².